The van der Waals surface area contributed by atoms with E-state index in [-0.39, 0.29) is 17.7 Å². The van der Waals surface area contributed by atoms with E-state index in [4.69, 9.17) is 4.74 Å². The fourth-order valence-corrected chi connectivity index (χ4v) is 3.99. The molecular weight excluding hydrogens is 411 g/mol. The predicted octanol–water partition coefficient (Wildman–Crippen LogP) is 2.93. The summed E-state index contributed by atoms with van der Waals surface area (Å²) in [6, 6.07) is 3.97. The van der Waals surface area contributed by atoms with Crippen molar-refractivity contribution < 1.29 is 13.9 Å². The number of aromatic nitrogens is 4. The second-order valence-corrected chi connectivity index (χ2v) is 7.75. The first-order valence-corrected chi connectivity index (χ1v) is 10.6. The van der Waals surface area contributed by atoms with Gasteiger partial charge < -0.3 is 19.8 Å². The van der Waals surface area contributed by atoms with Crippen molar-refractivity contribution in [1.29, 1.82) is 0 Å². The molecule has 1 atom stereocenters. The summed E-state index contributed by atoms with van der Waals surface area (Å²) >= 11 is 0. The maximum Gasteiger partial charge on any atom is 0.271 e. The number of hydrogen-bond acceptors (Lipinski definition) is 5. The second-order valence-electron chi connectivity index (χ2n) is 7.75. The predicted molar refractivity (Wildman–Crippen MR) is 119 cm³/mol. The molecule has 9 heteroatoms. The van der Waals surface area contributed by atoms with Gasteiger partial charge in [-0.05, 0) is 38.1 Å². The average Bonchev–Trinajstić information content (AvgIpc) is 3.37. The zero-order valence-corrected chi connectivity index (χ0v) is 18.4. The summed E-state index contributed by atoms with van der Waals surface area (Å²) in [6.07, 6.45) is 7.90. The summed E-state index contributed by atoms with van der Waals surface area (Å²) in [5.74, 6) is -0.0877. The molecule has 1 unspecified atom stereocenters. The summed E-state index contributed by atoms with van der Waals surface area (Å²) in [7, 11) is 3.46. The highest BCUT2D eigenvalue weighted by atomic mass is 19.1. The molecule has 1 amide bonds. The summed E-state index contributed by atoms with van der Waals surface area (Å²) in [4.78, 5) is 16.5. The number of rotatable bonds is 8. The first-order chi connectivity index (χ1) is 15.5. The van der Waals surface area contributed by atoms with Crippen molar-refractivity contribution in [1.82, 2.24) is 30.2 Å². The van der Waals surface area contributed by atoms with Gasteiger partial charge in [0.2, 0.25) is 0 Å². The maximum absolute atomic E-state index is 14.1. The van der Waals surface area contributed by atoms with Crippen LogP contribution < -0.4 is 10.6 Å². The molecule has 8 nitrogen and oxygen atoms in total. The smallest absolute Gasteiger partial charge is 0.271 e. The van der Waals surface area contributed by atoms with Gasteiger partial charge in [0.15, 0.2) is 5.69 Å². The summed E-state index contributed by atoms with van der Waals surface area (Å²) < 4.78 is 22.2. The number of imidazole rings is 1. The van der Waals surface area contributed by atoms with Crippen LogP contribution in [0, 0.1) is 6.92 Å². The molecular formula is C23H27FN6O2. The van der Waals surface area contributed by atoms with E-state index in [2.05, 4.69) is 25.8 Å². The Balaban J connectivity index is 1.53. The molecule has 0 aliphatic heterocycles. The highest BCUT2D eigenvalue weighted by Gasteiger charge is 2.23. The Bertz CT molecular complexity index is 1190. The lowest BCUT2D eigenvalue weighted by molar-refractivity contribution is 0.0956. The molecule has 0 aromatic carbocycles. The van der Waals surface area contributed by atoms with Gasteiger partial charge in [0, 0.05) is 49.5 Å². The molecule has 1 aliphatic rings. The van der Waals surface area contributed by atoms with Gasteiger partial charge in [-0.15, -0.1) is 0 Å². The number of fused-ring (bicyclic) bond motifs is 1. The lowest BCUT2D eigenvalue weighted by atomic mass is 9.91. The van der Waals surface area contributed by atoms with Crippen LogP contribution >= 0.6 is 0 Å². The Morgan fingerprint density at radius 3 is 3.00 bits per heavy atom. The van der Waals surface area contributed by atoms with Crippen molar-refractivity contribution >= 4 is 11.6 Å². The van der Waals surface area contributed by atoms with Gasteiger partial charge in [0.25, 0.3) is 5.91 Å². The van der Waals surface area contributed by atoms with E-state index in [1.54, 1.807) is 13.1 Å². The van der Waals surface area contributed by atoms with Crippen LogP contribution in [0.15, 0.2) is 48.3 Å². The van der Waals surface area contributed by atoms with E-state index in [1.807, 2.05) is 42.9 Å². The molecule has 3 aromatic heterocycles. The van der Waals surface area contributed by atoms with Gasteiger partial charge in [0.05, 0.1) is 18.5 Å². The van der Waals surface area contributed by atoms with Crippen molar-refractivity contribution in [2.24, 2.45) is 0 Å². The summed E-state index contributed by atoms with van der Waals surface area (Å²) in [5, 5.41) is 12.7. The number of amides is 1. The Morgan fingerprint density at radius 2 is 2.22 bits per heavy atom. The SMILES string of the molecule is CNCc1cnc2ccc(C3CC=C(F)C=C3OCCc3c(C(=O)NC)n[nH]c3C)cn12. The molecule has 1 aliphatic carbocycles. The average molecular weight is 439 g/mol. The lowest BCUT2D eigenvalue weighted by Gasteiger charge is -2.23. The second kappa shape index (κ2) is 9.35. The third-order valence-electron chi connectivity index (χ3n) is 5.67. The monoisotopic (exact) mass is 438 g/mol. The van der Waals surface area contributed by atoms with E-state index >= 15 is 0 Å². The number of nitrogens with one attached hydrogen (secondary N) is 3. The number of carbonyl (C=O) groups excluding carboxylic acids is 1. The van der Waals surface area contributed by atoms with Gasteiger partial charge in [0.1, 0.15) is 17.2 Å². The summed E-state index contributed by atoms with van der Waals surface area (Å²) in [6.45, 7) is 2.86. The zero-order valence-electron chi connectivity index (χ0n) is 18.4. The number of halogens is 1. The van der Waals surface area contributed by atoms with E-state index < -0.39 is 0 Å². The Labute approximate surface area is 185 Å². The van der Waals surface area contributed by atoms with Crippen LogP contribution in [0.1, 0.15) is 45.3 Å². The van der Waals surface area contributed by atoms with Gasteiger partial charge in [-0.25, -0.2) is 9.37 Å². The van der Waals surface area contributed by atoms with Crippen molar-refractivity contribution in [3.05, 3.63) is 76.5 Å². The van der Waals surface area contributed by atoms with E-state index in [1.165, 1.54) is 6.08 Å². The Morgan fingerprint density at radius 1 is 1.38 bits per heavy atom. The standard InChI is InChI=1S/C23H27FN6O2/c1-14-18(22(29-28-14)23(31)26-3)8-9-32-20-10-16(24)5-6-19(20)15-4-7-21-27-12-17(11-25-2)30(21)13-15/h4-5,7,10,12-13,19,25H,6,8-9,11H2,1-3H3,(H,26,31)(H,28,29). The van der Waals surface area contributed by atoms with Gasteiger partial charge in [-0.1, -0.05) is 6.07 Å². The van der Waals surface area contributed by atoms with Crippen molar-refractivity contribution in [2.45, 2.75) is 32.2 Å². The quantitative estimate of drug-likeness (QED) is 0.503. The van der Waals surface area contributed by atoms with Crippen LogP contribution in [-0.4, -0.2) is 46.2 Å². The molecule has 0 saturated carbocycles. The van der Waals surface area contributed by atoms with Gasteiger partial charge >= 0.3 is 0 Å². The molecule has 0 radical (unpaired) electrons. The van der Waals surface area contributed by atoms with E-state index in [0.717, 1.165) is 28.2 Å². The van der Waals surface area contributed by atoms with E-state index in [9.17, 15) is 9.18 Å². The largest absolute Gasteiger partial charge is 0.497 e. The number of H-pyrrole nitrogens is 1. The molecule has 32 heavy (non-hydrogen) atoms. The number of nitrogens with zero attached hydrogens (tertiary/aromatic N) is 3. The third-order valence-corrected chi connectivity index (χ3v) is 5.67. The zero-order chi connectivity index (χ0) is 22.7. The van der Waals surface area contributed by atoms with Crippen molar-refractivity contribution in [3.8, 4) is 0 Å². The molecule has 3 N–H and O–H groups in total. The number of carbonyl (C=O) groups is 1. The van der Waals surface area contributed by atoms with Crippen LogP contribution in [0.4, 0.5) is 4.39 Å². The first kappa shape index (κ1) is 21.8. The number of aromatic amines is 1. The van der Waals surface area contributed by atoms with Crippen LogP contribution in [-0.2, 0) is 17.7 Å². The minimum atomic E-state index is -0.304. The fraction of sp³-hybridized carbons (Fsp3) is 0.348. The fourth-order valence-electron chi connectivity index (χ4n) is 3.99. The van der Waals surface area contributed by atoms with Crippen LogP contribution in [0.5, 0.6) is 0 Å². The molecule has 3 heterocycles. The molecule has 0 spiro atoms. The molecule has 0 saturated heterocycles. The molecule has 3 aromatic rings. The van der Waals surface area contributed by atoms with Crippen LogP contribution in [0.2, 0.25) is 0 Å². The summed E-state index contributed by atoms with van der Waals surface area (Å²) in [5.41, 5.74) is 4.90. The number of ether oxygens (including phenoxy) is 1. The van der Waals surface area contributed by atoms with E-state index in [0.29, 0.717) is 37.4 Å². The Hall–Kier alpha value is -3.46. The highest BCUT2D eigenvalue weighted by Crippen LogP contribution is 2.34. The molecule has 0 fully saturated rings. The minimum absolute atomic E-state index is 0.104. The molecule has 4 rings (SSSR count). The van der Waals surface area contributed by atoms with Crippen molar-refractivity contribution in [2.75, 3.05) is 20.7 Å². The molecule has 0 bridgehead atoms. The minimum Gasteiger partial charge on any atom is -0.497 e. The van der Waals surface area contributed by atoms with Crippen LogP contribution in [0.25, 0.3) is 5.65 Å². The highest BCUT2D eigenvalue weighted by molar-refractivity contribution is 5.93. The third kappa shape index (κ3) is 4.29. The van der Waals surface area contributed by atoms with Gasteiger partial charge in [-0.3, -0.25) is 9.89 Å². The molecule has 168 valence electrons. The normalized spacial score (nSPS) is 16.1. The number of hydrogen-bond donors (Lipinski definition) is 3. The van der Waals surface area contributed by atoms with Crippen molar-refractivity contribution in [3.63, 3.8) is 0 Å². The topological polar surface area (TPSA) is 96.3 Å². The maximum atomic E-state index is 14.1. The lowest BCUT2D eigenvalue weighted by Crippen LogP contribution is -2.20. The Kier molecular flexibility index (Phi) is 6.36. The number of pyridine rings is 1. The van der Waals surface area contributed by atoms with Gasteiger partial charge in [-0.2, -0.15) is 5.10 Å². The number of allylic oxidation sites excluding steroid dienone is 4. The number of aryl methyl sites for hydroxylation is 1. The van der Waals surface area contributed by atoms with Crippen LogP contribution in [0.3, 0.4) is 0 Å². The first-order valence-electron chi connectivity index (χ1n) is 10.6.